The minimum atomic E-state index is 0.469. The molecule has 0 radical (unpaired) electrons. The Bertz CT molecular complexity index is 607. The van der Waals surface area contributed by atoms with E-state index >= 15 is 0 Å². The van der Waals surface area contributed by atoms with E-state index < -0.39 is 0 Å². The fourth-order valence-corrected chi connectivity index (χ4v) is 3.96. The van der Waals surface area contributed by atoms with Gasteiger partial charge in [0.2, 0.25) is 0 Å². The lowest BCUT2D eigenvalue weighted by molar-refractivity contribution is 0.00752. The van der Waals surface area contributed by atoms with E-state index in [4.69, 9.17) is 4.74 Å². The minimum Gasteiger partial charge on any atom is -0.379 e. The van der Waals surface area contributed by atoms with E-state index in [9.17, 15) is 0 Å². The highest BCUT2D eigenvalue weighted by molar-refractivity contribution is 5.79. The van der Waals surface area contributed by atoms with Crippen molar-refractivity contribution in [1.29, 1.82) is 0 Å². The molecule has 1 aromatic heterocycles. The summed E-state index contributed by atoms with van der Waals surface area (Å²) >= 11 is 0. The zero-order chi connectivity index (χ0) is 19.1. The van der Waals surface area contributed by atoms with Crippen LogP contribution < -0.4 is 10.6 Å². The van der Waals surface area contributed by atoms with Crippen molar-refractivity contribution in [2.75, 3.05) is 39.9 Å². The highest BCUT2D eigenvalue weighted by atomic mass is 16.5. The topological polar surface area (TPSA) is 79.6 Å². The van der Waals surface area contributed by atoms with Gasteiger partial charge in [-0.25, -0.2) is 0 Å². The Labute approximate surface area is 162 Å². The van der Waals surface area contributed by atoms with Gasteiger partial charge >= 0.3 is 0 Å². The standard InChI is InChI=1S/C19H35N7O/c1-15(2)16(25-9-11-27-12-10-25)13-21-19(20-3)22-14-18-24-23-17-7-5-4-6-8-26(17)18/h15-16H,4-14H2,1-3H3,(H2,20,21,22). The number of hydrogen-bond acceptors (Lipinski definition) is 5. The molecule has 1 atom stereocenters. The van der Waals surface area contributed by atoms with Gasteiger partial charge in [0.05, 0.1) is 19.8 Å². The fraction of sp³-hybridized carbons (Fsp3) is 0.842. The number of ether oxygens (including phenoxy) is 1. The second-order valence-corrected chi connectivity index (χ2v) is 7.76. The molecule has 2 aliphatic rings. The number of nitrogens with zero attached hydrogens (tertiary/aromatic N) is 5. The molecule has 1 fully saturated rings. The van der Waals surface area contributed by atoms with Gasteiger partial charge in [0, 0.05) is 45.7 Å². The maximum absolute atomic E-state index is 5.50. The average molecular weight is 378 g/mol. The Morgan fingerprint density at radius 3 is 2.67 bits per heavy atom. The molecular weight excluding hydrogens is 342 g/mol. The van der Waals surface area contributed by atoms with E-state index in [1.165, 1.54) is 19.3 Å². The van der Waals surface area contributed by atoms with E-state index in [0.29, 0.717) is 18.5 Å². The van der Waals surface area contributed by atoms with Gasteiger partial charge in [-0.3, -0.25) is 9.89 Å². The third-order valence-corrected chi connectivity index (χ3v) is 5.59. The molecular formula is C19H35N7O. The van der Waals surface area contributed by atoms with Gasteiger partial charge in [0.1, 0.15) is 5.82 Å². The lowest BCUT2D eigenvalue weighted by atomic mass is 10.0. The first-order valence-corrected chi connectivity index (χ1v) is 10.4. The molecule has 3 rings (SSSR count). The van der Waals surface area contributed by atoms with E-state index in [0.717, 1.165) is 63.4 Å². The molecule has 1 aromatic rings. The Morgan fingerprint density at radius 1 is 1.11 bits per heavy atom. The van der Waals surface area contributed by atoms with E-state index in [1.807, 2.05) is 7.05 Å². The molecule has 0 amide bonds. The number of rotatable bonds is 6. The van der Waals surface area contributed by atoms with Crippen LogP contribution in [0.15, 0.2) is 4.99 Å². The predicted octanol–water partition coefficient (Wildman–Crippen LogP) is 1.03. The van der Waals surface area contributed by atoms with Gasteiger partial charge < -0.3 is 19.9 Å². The molecule has 0 spiro atoms. The van der Waals surface area contributed by atoms with E-state index in [1.54, 1.807) is 0 Å². The molecule has 2 N–H and O–H groups in total. The molecule has 1 unspecified atom stereocenters. The summed E-state index contributed by atoms with van der Waals surface area (Å²) in [5.41, 5.74) is 0. The van der Waals surface area contributed by atoms with Crippen molar-refractivity contribution in [3.05, 3.63) is 11.6 Å². The third kappa shape index (κ3) is 5.42. The molecule has 152 valence electrons. The zero-order valence-corrected chi connectivity index (χ0v) is 17.1. The second-order valence-electron chi connectivity index (χ2n) is 7.76. The van der Waals surface area contributed by atoms with Crippen LogP contribution in [0.5, 0.6) is 0 Å². The number of nitrogens with one attached hydrogen (secondary N) is 2. The van der Waals surface area contributed by atoms with Crippen molar-refractivity contribution in [3.8, 4) is 0 Å². The third-order valence-electron chi connectivity index (χ3n) is 5.59. The van der Waals surface area contributed by atoms with Crippen molar-refractivity contribution < 1.29 is 4.74 Å². The van der Waals surface area contributed by atoms with Crippen LogP contribution in [0.4, 0.5) is 0 Å². The highest BCUT2D eigenvalue weighted by Crippen LogP contribution is 2.14. The second kappa shape index (κ2) is 10.0. The van der Waals surface area contributed by atoms with Crippen molar-refractivity contribution in [3.63, 3.8) is 0 Å². The molecule has 27 heavy (non-hydrogen) atoms. The van der Waals surface area contributed by atoms with Gasteiger partial charge in [0.25, 0.3) is 0 Å². The number of aromatic nitrogens is 3. The minimum absolute atomic E-state index is 0.469. The van der Waals surface area contributed by atoms with Gasteiger partial charge in [-0.05, 0) is 18.8 Å². The maximum Gasteiger partial charge on any atom is 0.191 e. The number of hydrogen-bond donors (Lipinski definition) is 2. The summed E-state index contributed by atoms with van der Waals surface area (Å²) < 4.78 is 7.77. The zero-order valence-electron chi connectivity index (χ0n) is 17.1. The Hall–Kier alpha value is -1.67. The Morgan fingerprint density at radius 2 is 1.93 bits per heavy atom. The van der Waals surface area contributed by atoms with Crippen LogP contribution >= 0.6 is 0 Å². The van der Waals surface area contributed by atoms with Crippen molar-refractivity contribution in [2.45, 2.75) is 58.7 Å². The number of morpholine rings is 1. The summed E-state index contributed by atoms with van der Waals surface area (Å²) in [7, 11) is 1.82. The van der Waals surface area contributed by atoms with Gasteiger partial charge in [-0.2, -0.15) is 0 Å². The van der Waals surface area contributed by atoms with Crippen LogP contribution in [0.25, 0.3) is 0 Å². The van der Waals surface area contributed by atoms with Crippen LogP contribution in [0.3, 0.4) is 0 Å². The van der Waals surface area contributed by atoms with Crippen LogP contribution in [-0.2, 0) is 24.2 Å². The highest BCUT2D eigenvalue weighted by Gasteiger charge is 2.24. The number of aliphatic imine (C=N–C) groups is 1. The molecule has 0 aliphatic carbocycles. The largest absolute Gasteiger partial charge is 0.379 e. The average Bonchev–Trinajstić information content (AvgIpc) is 2.91. The lowest BCUT2D eigenvalue weighted by Crippen LogP contribution is -2.52. The van der Waals surface area contributed by atoms with Crippen LogP contribution in [0.1, 0.15) is 44.8 Å². The summed E-state index contributed by atoms with van der Waals surface area (Å²) in [5.74, 6) is 3.52. The SMILES string of the molecule is CN=C(NCc1nnc2n1CCCCC2)NCC(C(C)C)N1CCOCC1. The first kappa shape index (κ1) is 20.1. The predicted molar refractivity (Wildman–Crippen MR) is 107 cm³/mol. The van der Waals surface area contributed by atoms with E-state index in [-0.39, 0.29) is 0 Å². The monoisotopic (exact) mass is 377 g/mol. The molecule has 1 saturated heterocycles. The number of guanidine groups is 1. The normalized spacial score (nSPS) is 20.2. The van der Waals surface area contributed by atoms with Crippen molar-refractivity contribution in [1.82, 2.24) is 30.3 Å². The first-order chi connectivity index (χ1) is 13.2. The molecule has 0 saturated carbocycles. The van der Waals surface area contributed by atoms with Crippen molar-refractivity contribution in [2.24, 2.45) is 10.9 Å². The first-order valence-electron chi connectivity index (χ1n) is 10.4. The summed E-state index contributed by atoms with van der Waals surface area (Å²) in [6.07, 6.45) is 4.74. The summed E-state index contributed by atoms with van der Waals surface area (Å²) in [4.78, 5) is 6.91. The van der Waals surface area contributed by atoms with Gasteiger partial charge in [0.15, 0.2) is 11.8 Å². The Kier molecular flexibility index (Phi) is 7.46. The smallest absolute Gasteiger partial charge is 0.191 e. The molecule has 0 aromatic carbocycles. The lowest BCUT2D eigenvalue weighted by Gasteiger charge is -2.37. The molecule has 8 heteroatoms. The Balaban J connectivity index is 1.52. The molecule has 8 nitrogen and oxygen atoms in total. The van der Waals surface area contributed by atoms with Gasteiger partial charge in [-0.1, -0.05) is 20.3 Å². The fourth-order valence-electron chi connectivity index (χ4n) is 3.96. The van der Waals surface area contributed by atoms with E-state index in [2.05, 4.69) is 49.1 Å². The summed E-state index contributed by atoms with van der Waals surface area (Å²) in [6, 6.07) is 0.469. The quantitative estimate of drug-likeness (QED) is 0.569. The molecule has 2 aliphatic heterocycles. The molecule has 3 heterocycles. The van der Waals surface area contributed by atoms with Crippen LogP contribution in [-0.4, -0.2) is 71.6 Å². The van der Waals surface area contributed by atoms with Crippen molar-refractivity contribution >= 4 is 5.96 Å². The van der Waals surface area contributed by atoms with Gasteiger partial charge in [-0.15, -0.1) is 10.2 Å². The number of aryl methyl sites for hydroxylation is 1. The molecule has 0 bridgehead atoms. The number of fused-ring (bicyclic) bond motifs is 1. The van der Waals surface area contributed by atoms with Crippen LogP contribution in [0.2, 0.25) is 0 Å². The summed E-state index contributed by atoms with van der Waals surface area (Å²) in [5, 5.41) is 15.7. The van der Waals surface area contributed by atoms with Crippen LogP contribution in [0, 0.1) is 5.92 Å². The summed E-state index contributed by atoms with van der Waals surface area (Å²) in [6.45, 7) is 10.8. The maximum atomic E-state index is 5.50.